The Bertz CT molecular complexity index is 739. The maximum Gasteiger partial charge on any atom is 0.134 e. The largest absolute Gasteiger partial charge is 0.459 e. The smallest absolute Gasteiger partial charge is 0.134 e. The van der Waals surface area contributed by atoms with E-state index in [-0.39, 0.29) is 11.9 Å². The first-order chi connectivity index (χ1) is 10.2. The molecule has 0 fully saturated rings. The van der Waals surface area contributed by atoms with Crippen LogP contribution in [0.5, 0.6) is 0 Å². The second-order valence-electron chi connectivity index (χ2n) is 4.85. The van der Waals surface area contributed by atoms with Crippen molar-refractivity contribution in [2.24, 2.45) is 5.84 Å². The van der Waals surface area contributed by atoms with Crippen LogP contribution in [0.25, 0.3) is 11.0 Å². The molecular weight excluding hydrogens is 291 g/mol. The molecule has 0 spiro atoms. The van der Waals surface area contributed by atoms with Crippen molar-refractivity contribution in [1.29, 1.82) is 0 Å². The van der Waals surface area contributed by atoms with Crippen molar-refractivity contribution in [2.75, 3.05) is 0 Å². The summed E-state index contributed by atoms with van der Waals surface area (Å²) in [5.41, 5.74) is 3.99. The minimum absolute atomic E-state index is 0.312. The van der Waals surface area contributed by atoms with Crippen LogP contribution < -0.4 is 11.3 Å². The molecule has 3 N–H and O–H groups in total. The molecule has 1 heterocycles. The zero-order valence-corrected chi connectivity index (χ0v) is 11.9. The molecule has 0 bridgehead atoms. The van der Waals surface area contributed by atoms with E-state index in [1.165, 1.54) is 6.07 Å². The number of hydrogen-bond donors (Lipinski definition) is 2. The molecule has 5 heteroatoms. The third-order valence-corrected chi connectivity index (χ3v) is 3.66. The lowest BCUT2D eigenvalue weighted by Crippen LogP contribution is -2.29. The fraction of sp³-hybridized carbons (Fsp3) is 0.125. The van der Waals surface area contributed by atoms with Crippen LogP contribution in [0.2, 0.25) is 5.02 Å². The van der Waals surface area contributed by atoms with Crippen molar-refractivity contribution in [2.45, 2.75) is 12.5 Å². The summed E-state index contributed by atoms with van der Waals surface area (Å²) in [5, 5.41) is 1.36. The Morgan fingerprint density at radius 3 is 2.71 bits per heavy atom. The Balaban J connectivity index is 1.90. The topological polar surface area (TPSA) is 51.2 Å². The minimum atomic E-state index is -0.348. The van der Waals surface area contributed by atoms with Gasteiger partial charge in [-0.05, 0) is 36.2 Å². The van der Waals surface area contributed by atoms with E-state index < -0.39 is 0 Å². The molecule has 1 atom stereocenters. The van der Waals surface area contributed by atoms with Gasteiger partial charge in [0.1, 0.15) is 17.2 Å². The normalized spacial score (nSPS) is 12.7. The van der Waals surface area contributed by atoms with Gasteiger partial charge < -0.3 is 4.42 Å². The number of fused-ring (bicyclic) bond motifs is 1. The highest BCUT2D eigenvalue weighted by molar-refractivity contribution is 6.30. The summed E-state index contributed by atoms with van der Waals surface area (Å²) in [6, 6.07) is 13.9. The number of hydrazine groups is 1. The zero-order valence-electron chi connectivity index (χ0n) is 11.1. The van der Waals surface area contributed by atoms with Gasteiger partial charge in [0.25, 0.3) is 0 Å². The average Bonchev–Trinajstić information content (AvgIpc) is 2.90. The van der Waals surface area contributed by atoms with Crippen molar-refractivity contribution in [1.82, 2.24) is 5.43 Å². The van der Waals surface area contributed by atoms with Gasteiger partial charge in [0.05, 0.1) is 6.04 Å². The molecule has 0 aliphatic heterocycles. The minimum Gasteiger partial charge on any atom is -0.459 e. The Morgan fingerprint density at radius 2 is 2.00 bits per heavy atom. The molecule has 2 aromatic carbocycles. The molecule has 21 heavy (non-hydrogen) atoms. The first-order valence-corrected chi connectivity index (χ1v) is 6.93. The molecule has 0 aliphatic rings. The Kier molecular flexibility index (Phi) is 3.92. The van der Waals surface area contributed by atoms with Crippen molar-refractivity contribution in [3.05, 3.63) is 70.7 Å². The fourth-order valence-corrected chi connectivity index (χ4v) is 2.48. The third kappa shape index (κ3) is 2.93. The van der Waals surface area contributed by atoms with Gasteiger partial charge in [-0.15, -0.1) is 0 Å². The Morgan fingerprint density at radius 1 is 1.19 bits per heavy atom. The van der Waals surface area contributed by atoms with Crippen LogP contribution in [-0.4, -0.2) is 0 Å². The molecular formula is C16H14ClFN2O. The van der Waals surface area contributed by atoms with Gasteiger partial charge in [0, 0.05) is 10.4 Å². The van der Waals surface area contributed by atoms with E-state index in [9.17, 15) is 4.39 Å². The highest BCUT2D eigenvalue weighted by Gasteiger charge is 2.17. The van der Waals surface area contributed by atoms with Gasteiger partial charge in [0.2, 0.25) is 0 Å². The van der Waals surface area contributed by atoms with Crippen LogP contribution in [0.1, 0.15) is 17.4 Å². The number of nitrogens with two attached hydrogens (primary N) is 1. The van der Waals surface area contributed by atoms with E-state index in [0.717, 1.165) is 11.0 Å². The van der Waals surface area contributed by atoms with Crippen LogP contribution in [0.4, 0.5) is 4.39 Å². The maximum atomic E-state index is 13.9. The molecule has 1 aromatic heterocycles. The lowest BCUT2D eigenvalue weighted by molar-refractivity contribution is 0.429. The number of rotatable bonds is 4. The van der Waals surface area contributed by atoms with Crippen LogP contribution in [0.15, 0.2) is 52.9 Å². The predicted octanol–water partition coefficient (Wildman–Crippen LogP) is 3.97. The summed E-state index contributed by atoms with van der Waals surface area (Å²) >= 11 is 5.76. The Labute approximate surface area is 126 Å². The van der Waals surface area contributed by atoms with E-state index in [1.54, 1.807) is 12.1 Å². The Hall–Kier alpha value is -1.88. The monoisotopic (exact) mass is 304 g/mol. The van der Waals surface area contributed by atoms with Crippen molar-refractivity contribution >= 4 is 22.6 Å². The summed E-state index contributed by atoms with van der Waals surface area (Å²) in [6.07, 6.45) is 0.374. The molecule has 0 amide bonds. The fourth-order valence-electron chi connectivity index (χ4n) is 2.32. The number of para-hydroxylation sites is 1. The van der Waals surface area contributed by atoms with Gasteiger partial charge in [0.15, 0.2) is 0 Å². The first-order valence-electron chi connectivity index (χ1n) is 6.56. The standard InChI is InChI=1S/C16H14ClFN2O/c17-12-6-5-10(13(18)9-12)7-14(20-19)16-8-11-3-1-2-4-15(11)21-16/h1-6,8-9,14,20H,7,19H2. The van der Waals surface area contributed by atoms with Crippen LogP contribution in [-0.2, 0) is 6.42 Å². The van der Waals surface area contributed by atoms with E-state index in [0.29, 0.717) is 22.8 Å². The molecule has 3 rings (SSSR count). The summed E-state index contributed by atoms with van der Waals surface area (Å²) in [5.74, 6) is 5.92. The number of halogens is 2. The summed E-state index contributed by atoms with van der Waals surface area (Å²) < 4.78 is 19.6. The molecule has 0 saturated carbocycles. The average molecular weight is 305 g/mol. The van der Waals surface area contributed by atoms with Crippen molar-refractivity contribution in [3.63, 3.8) is 0 Å². The summed E-state index contributed by atoms with van der Waals surface area (Å²) in [4.78, 5) is 0. The maximum absolute atomic E-state index is 13.9. The van der Waals surface area contributed by atoms with Gasteiger partial charge in [-0.25, -0.2) is 9.82 Å². The lowest BCUT2D eigenvalue weighted by atomic mass is 10.0. The molecule has 3 nitrogen and oxygen atoms in total. The molecule has 0 aliphatic carbocycles. The summed E-state index contributed by atoms with van der Waals surface area (Å²) in [6.45, 7) is 0. The van der Waals surface area contributed by atoms with Gasteiger partial charge in [-0.1, -0.05) is 35.9 Å². The predicted molar refractivity (Wildman–Crippen MR) is 81.4 cm³/mol. The highest BCUT2D eigenvalue weighted by Crippen LogP contribution is 2.27. The number of benzene rings is 2. The number of nitrogens with one attached hydrogen (secondary N) is 1. The number of furan rings is 1. The first kappa shape index (κ1) is 14.1. The molecule has 108 valence electrons. The lowest BCUT2D eigenvalue weighted by Gasteiger charge is -2.13. The second kappa shape index (κ2) is 5.85. The zero-order chi connectivity index (χ0) is 14.8. The van der Waals surface area contributed by atoms with Crippen LogP contribution >= 0.6 is 11.6 Å². The van der Waals surface area contributed by atoms with E-state index in [2.05, 4.69) is 5.43 Å². The van der Waals surface area contributed by atoms with Crippen molar-refractivity contribution < 1.29 is 8.81 Å². The SMILES string of the molecule is NNC(Cc1ccc(Cl)cc1F)c1cc2ccccc2o1. The molecule has 1 unspecified atom stereocenters. The van der Waals surface area contributed by atoms with Gasteiger partial charge >= 0.3 is 0 Å². The molecule has 3 aromatic rings. The van der Waals surface area contributed by atoms with Crippen LogP contribution in [0, 0.1) is 5.82 Å². The molecule has 0 radical (unpaired) electrons. The van der Waals surface area contributed by atoms with E-state index in [1.807, 2.05) is 30.3 Å². The van der Waals surface area contributed by atoms with Crippen LogP contribution in [0.3, 0.4) is 0 Å². The second-order valence-corrected chi connectivity index (χ2v) is 5.28. The van der Waals surface area contributed by atoms with Gasteiger partial charge in [-0.3, -0.25) is 5.84 Å². The van der Waals surface area contributed by atoms with E-state index in [4.69, 9.17) is 21.9 Å². The molecule has 0 saturated heterocycles. The third-order valence-electron chi connectivity index (χ3n) is 3.43. The number of hydrogen-bond acceptors (Lipinski definition) is 3. The van der Waals surface area contributed by atoms with Crippen molar-refractivity contribution in [3.8, 4) is 0 Å². The van der Waals surface area contributed by atoms with E-state index >= 15 is 0 Å². The summed E-state index contributed by atoms with van der Waals surface area (Å²) in [7, 11) is 0. The highest BCUT2D eigenvalue weighted by atomic mass is 35.5. The quantitative estimate of drug-likeness (QED) is 0.566. The van der Waals surface area contributed by atoms with Gasteiger partial charge in [-0.2, -0.15) is 0 Å².